The summed E-state index contributed by atoms with van der Waals surface area (Å²) >= 11 is 0. The van der Waals surface area contributed by atoms with Crippen molar-refractivity contribution in [3.05, 3.63) is 0 Å². The summed E-state index contributed by atoms with van der Waals surface area (Å²) in [5.74, 6) is 0. The lowest BCUT2D eigenvalue weighted by Gasteiger charge is -1.68. The summed E-state index contributed by atoms with van der Waals surface area (Å²) < 4.78 is 0. The lowest BCUT2D eigenvalue weighted by atomic mass is 10.4. The van der Waals surface area contributed by atoms with E-state index < -0.39 is 0 Å². The van der Waals surface area contributed by atoms with Crippen molar-refractivity contribution < 1.29 is 5.11 Å². The molecule has 0 bridgehead atoms. The Balaban J connectivity index is -0.0000000646. The number of hydrogen-bond donors (Lipinski definition) is 1. The highest BCUT2D eigenvalue weighted by atomic mass is 16.2. The van der Waals surface area contributed by atoms with Crippen molar-refractivity contribution in [2.75, 3.05) is 7.11 Å². The van der Waals surface area contributed by atoms with E-state index in [2.05, 4.69) is 27.7 Å². The molecule has 1 N–H and O–H groups in total. The molecule has 0 heterocycles. The molecule has 1 nitrogen and oxygen atoms in total. The Morgan fingerprint density at radius 1 is 0.778 bits per heavy atom. The molecule has 0 aromatic heterocycles. The smallest absolute Gasteiger partial charge is 0.0319 e. The molecular formula is C8H22O. The predicted molar refractivity (Wildman–Crippen MR) is 44.7 cm³/mol. The summed E-state index contributed by atoms with van der Waals surface area (Å²) in [5.41, 5.74) is 0. The Morgan fingerprint density at radius 3 is 0.889 bits per heavy atom. The van der Waals surface area contributed by atoms with Gasteiger partial charge in [-0.25, -0.2) is 0 Å². The molecule has 0 radical (unpaired) electrons. The summed E-state index contributed by atoms with van der Waals surface area (Å²) in [6.07, 6.45) is 3.89. The number of hydrogen-bond acceptors (Lipinski definition) is 1. The minimum atomic E-state index is 1.00. The maximum absolute atomic E-state index is 7.00. The number of unbranched alkanes of at least 4 members (excludes halogenated alkanes) is 1. The van der Waals surface area contributed by atoms with Crippen molar-refractivity contribution in [3.63, 3.8) is 0 Å². The Morgan fingerprint density at radius 2 is 0.889 bits per heavy atom. The van der Waals surface area contributed by atoms with Crippen molar-refractivity contribution in [1.82, 2.24) is 0 Å². The van der Waals surface area contributed by atoms with Crippen LogP contribution in [-0.4, -0.2) is 12.2 Å². The van der Waals surface area contributed by atoms with Crippen molar-refractivity contribution in [3.8, 4) is 0 Å². The molecule has 0 aromatic rings. The maximum atomic E-state index is 7.00. The van der Waals surface area contributed by atoms with E-state index in [0.717, 1.165) is 7.11 Å². The first kappa shape index (κ1) is 16.0. The second kappa shape index (κ2) is 44.0. The van der Waals surface area contributed by atoms with Crippen LogP contribution in [0.5, 0.6) is 0 Å². The van der Waals surface area contributed by atoms with Gasteiger partial charge in [0.05, 0.1) is 0 Å². The van der Waals surface area contributed by atoms with E-state index in [4.69, 9.17) is 5.11 Å². The van der Waals surface area contributed by atoms with E-state index in [1.807, 2.05) is 0 Å². The van der Waals surface area contributed by atoms with Gasteiger partial charge in [-0.05, 0) is 0 Å². The van der Waals surface area contributed by atoms with Crippen molar-refractivity contribution in [2.24, 2.45) is 0 Å². The fourth-order valence-corrected chi connectivity index (χ4v) is 0. The first-order valence-electron chi connectivity index (χ1n) is 3.78. The minimum absolute atomic E-state index is 1.00. The summed E-state index contributed by atoms with van der Waals surface area (Å²) in [7, 11) is 1.00. The van der Waals surface area contributed by atoms with E-state index in [1.54, 1.807) is 0 Å². The zero-order valence-corrected chi connectivity index (χ0v) is 7.57. The van der Waals surface area contributed by atoms with E-state index in [1.165, 1.54) is 19.3 Å². The fraction of sp³-hybridized carbons (Fsp3) is 1.00. The average molecular weight is 134 g/mol. The number of rotatable bonds is 1. The summed E-state index contributed by atoms with van der Waals surface area (Å²) in [5, 5.41) is 7.00. The highest BCUT2D eigenvalue weighted by Gasteiger charge is 1.56. The fourth-order valence-electron chi connectivity index (χ4n) is 0. The maximum Gasteiger partial charge on any atom is 0.0319 e. The normalized spacial score (nSPS) is 6.00. The van der Waals surface area contributed by atoms with Crippen LogP contribution < -0.4 is 0 Å². The first-order chi connectivity index (χ1) is 4.33. The molecule has 0 aliphatic heterocycles. The molecule has 9 heavy (non-hydrogen) atoms. The van der Waals surface area contributed by atoms with Gasteiger partial charge in [-0.15, -0.1) is 0 Å². The molecule has 0 fully saturated rings. The zero-order valence-electron chi connectivity index (χ0n) is 7.57. The van der Waals surface area contributed by atoms with Gasteiger partial charge in [-0.2, -0.15) is 0 Å². The summed E-state index contributed by atoms with van der Waals surface area (Å²) in [6.45, 7) is 8.61. The Kier molecular flexibility index (Phi) is 78.2. The molecule has 0 saturated heterocycles. The van der Waals surface area contributed by atoms with Gasteiger partial charge >= 0.3 is 0 Å². The molecule has 0 rings (SSSR count). The Labute approximate surface area is 60.1 Å². The standard InChI is InChI=1S/C4H10.C3H8.CH4O/c1-3-4-2;1-3-2;1-2/h3-4H2,1-2H3;3H2,1-2H3;2H,1H3. The largest absolute Gasteiger partial charge is 0.400 e. The number of aliphatic hydroxyl groups excluding tert-OH is 1. The van der Waals surface area contributed by atoms with Crippen LogP contribution in [0.4, 0.5) is 0 Å². The van der Waals surface area contributed by atoms with Gasteiger partial charge in [0.1, 0.15) is 0 Å². The van der Waals surface area contributed by atoms with Gasteiger partial charge in [0.2, 0.25) is 0 Å². The molecule has 0 saturated carbocycles. The molecule has 1 heteroatoms. The molecule has 0 amide bonds. The molecule has 0 aliphatic carbocycles. The van der Waals surface area contributed by atoms with E-state index in [9.17, 15) is 0 Å². The highest BCUT2D eigenvalue weighted by molar-refractivity contribution is 4.12. The lowest BCUT2D eigenvalue weighted by molar-refractivity contribution is 0.399. The van der Waals surface area contributed by atoms with Crippen molar-refractivity contribution >= 4 is 0 Å². The molecule has 0 unspecified atom stereocenters. The van der Waals surface area contributed by atoms with Crippen LogP contribution in [-0.2, 0) is 0 Å². The second-order valence-corrected chi connectivity index (χ2v) is 1.71. The quantitative estimate of drug-likeness (QED) is 0.584. The highest BCUT2D eigenvalue weighted by Crippen LogP contribution is 1.76. The first-order valence-corrected chi connectivity index (χ1v) is 3.78. The SMILES string of the molecule is CCC.CCCC.CO. The third-order valence-electron chi connectivity index (χ3n) is 0.500. The van der Waals surface area contributed by atoms with Crippen LogP contribution in [0.1, 0.15) is 47.0 Å². The predicted octanol–water partition coefficient (Wildman–Crippen LogP) is 2.83. The summed E-state index contributed by atoms with van der Waals surface area (Å²) in [6, 6.07) is 0. The molecular weight excluding hydrogens is 112 g/mol. The van der Waals surface area contributed by atoms with E-state index in [-0.39, 0.29) is 0 Å². The van der Waals surface area contributed by atoms with Crippen LogP contribution in [0.25, 0.3) is 0 Å². The third kappa shape index (κ3) is 307. The van der Waals surface area contributed by atoms with Gasteiger partial charge < -0.3 is 5.11 Å². The van der Waals surface area contributed by atoms with E-state index >= 15 is 0 Å². The minimum Gasteiger partial charge on any atom is -0.400 e. The van der Waals surface area contributed by atoms with Crippen molar-refractivity contribution in [1.29, 1.82) is 0 Å². The van der Waals surface area contributed by atoms with Crippen LogP contribution in [0.15, 0.2) is 0 Å². The van der Waals surface area contributed by atoms with Gasteiger partial charge in [-0.1, -0.05) is 47.0 Å². The van der Waals surface area contributed by atoms with Gasteiger partial charge in [0, 0.05) is 7.11 Å². The lowest BCUT2D eigenvalue weighted by Crippen LogP contribution is -1.47. The van der Waals surface area contributed by atoms with Gasteiger partial charge in [0.15, 0.2) is 0 Å². The number of aliphatic hydroxyl groups is 1. The van der Waals surface area contributed by atoms with E-state index in [0.29, 0.717) is 0 Å². The Hall–Kier alpha value is -0.0400. The molecule has 0 aromatic carbocycles. The van der Waals surface area contributed by atoms with Crippen molar-refractivity contribution in [2.45, 2.75) is 47.0 Å². The third-order valence-corrected chi connectivity index (χ3v) is 0.500. The zero-order chi connectivity index (χ0) is 8.12. The average Bonchev–Trinajstić information content (AvgIpc) is 1.94. The van der Waals surface area contributed by atoms with Crippen LogP contribution in [0.3, 0.4) is 0 Å². The van der Waals surface area contributed by atoms with Gasteiger partial charge in [-0.3, -0.25) is 0 Å². The monoisotopic (exact) mass is 134 g/mol. The van der Waals surface area contributed by atoms with Crippen LogP contribution >= 0.6 is 0 Å². The molecule has 0 atom stereocenters. The second-order valence-electron chi connectivity index (χ2n) is 1.71. The Bertz CT molecular complexity index is 12.0. The van der Waals surface area contributed by atoms with Crippen LogP contribution in [0.2, 0.25) is 0 Å². The molecule has 0 spiro atoms. The summed E-state index contributed by atoms with van der Waals surface area (Å²) in [4.78, 5) is 0. The molecule has 0 aliphatic rings. The molecule has 60 valence electrons. The topological polar surface area (TPSA) is 20.2 Å². The van der Waals surface area contributed by atoms with Gasteiger partial charge in [0.25, 0.3) is 0 Å². The van der Waals surface area contributed by atoms with Crippen LogP contribution in [0, 0.1) is 0 Å².